The van der Waals surface area contributed by atoms with Crippen LogP contribution in [0, 0.1) is 5.82 Å². The van der Waals surface area contributed by atoms with Gasteiger partial charge in [0.05, 0.1) is 24.0 Å². The van der Waals surface area contributed by atoms with E-state index in [9.17, 15) is 9.18 Å². The van der Waals surface area contributed by atoms with Crippen molar-refractivity contribution in [3.63, 3.8) is 0 Å². The monoisotopic (exact) mass is 437 g/mol. The van der Waals surface area contributed by atoms with Crippen LogP contribution in [-0.2, 0) is 6.54 Å². The first-order chi connectivity index (χ1) is 16.2. The number of nitrogens with zero attached hydrogens (tertiary/aromatic N) is 4. The molecule has 0 atom stereocenters. The Labute approximate surface area is 189 Å². The van der Waals surface area contributed by atoms with E-state index in [1.165, 1.54) is 12.1 Å². The number of pyridine rings is 2. The van der Waals surface area contributed by atoms with Gasteiger partial charge in [0.2, 0.25) is 0 Å². The second-order valence-electron chi connectivity index (χ2n) is 7.50. The van der Waals surface area contributed by atoms with Gasteiger partial charge in [0.15, 0.2) is 0 Å². The Morgan fingerprint density at radius 2 is 1.73 bits per heavy atom. The SMILES string of the molecule is O=C(NCCn1ncc(-c2ccncc2)c1-c1ccc(F)cc1)c1cccc2ncccc12. The van der Waals surface area contributed by atoms with Crippen LogP contribution < -0.4 is 5.32 Å². The Kier molecular flexibility index (Phi) is 5.59. The zero-order valence-corrected chi connectivity index (χ0v) is 17.6. The zero-order valence-electron chi connectivity index (χ0n) is 17.6. The molecule has 0 aliphatic heterocycles. The molecule has 5 rings (SSSR count). The Balaban J connectivity index is 1.40. The maximum absolute atomic E-state index is 13.5. The minimum atomic E-state index is -0.299. The summed E-state index contributed by atoms with van der Waals surface area (Å²) in [5.74, 6) is -0.467. The van der Waals surface area contributed by atoms with Crippen molar-refractivity contribution in [1.29, 1.82) is 0 Å². The van der Waals surface area contributed by atoms with Gasteiger partial charge in [0.25, 0.3) is 5.91 Å². The molecule has 3 heterocycles. The topological polar surface area (TPSA) is 72.7 Å². The fraction of sp³-hybridized carbons (Fsp3) is 0.0769. The Morgan fingerprint density at radius 3 is 2.55 bits per heavy atom. The van der Waals surface area contributed by atoms with Crippen LogP contribution in [0.15, 0.2) is 91.5 Å². The molecule has 0 radical (unpaired) electrons. The van der Waals surface area contributed by atoms with E-state index in [-0.39, 0.29) is 11.7 Å². The molecule has 162 valence electrons. The first-order valence-electron chi connectivity index (χ1n) is 10.5. The molecule has 2 aromatic carbocycles. The van der Waals surface area contributed by atoms with Gasteiger partial charge in [-0.3, -0.25) is 19.4 Å². The van der Waals surface area contributed by atoms with Crippen LogP contribution in [0.5, 0.6) is 0 Å². The van der Waals surface area contributed by atoms with Gasteiger partial charge in [-0.2, -0.15) is 5.10 Å². The van der Waals surface area contributed by atoms with Gasteiger partial charge in [-0.1, -0.05) is 12.1 Å². The van der Waals surface area contributed by atoms with Gasteiger partial charge in [-0.15, -0.1) is 0 Å². The molecule has 0 saturated carbocycles. The van der Waals surface area contributed by atoms with E-state index in [0.717, 1.165) is 33.3 Å². The predicted molar refractivity (Wildman–Crippen MR) is 125 cm³/mol. The average Bonchev–Trinajstić information content (AvgIpc) is 3.28. The fourth-order valence-corrected chi connectivity index (χ4v) is 3.88. The van der Waals surface area contributed by atoms with E-state index in [1.807, 2.05) is 41.1 Å². The summed E-state index contributed by atoms with van der Waals surface area (Å²) < 4.78 is 15.4. The summed E-state index contributed by atoms with van der Waals surface area (Å²) in [4.78, 5) is 21.2. The number of rotatable bonds is 6. The maximum Gasteiger partial charge on any atom is 0.252 e. The van der Waals surface area contributed by atoms with Gasteiger partial charge in [0, 0.05) is 47.2 Å². The van der Waals surface area contributed by atoms with Crippen LogP contribution in [0.3, 0.4) is 0 Å². The number of hydrogen-bond donors (Lipinski definition) is 1. The van der Waals surface area contributed by atoms with E-state index in [1.54, 1.807) is 43.0 Å². The van der Waals surface area contributed by atoms with E-state index in [4.69, 9.17) is 0 Å². The number of hydrogen-bond acceptors (Lipinski definition) is 4. The molecule has 0 aliphatic carbocycles. The predicted octanol–water partition coefficient (Wildman–Crippen LogP) is 4.73. The first-order valence-corrected chi connectivity index (χ1v) is 10.5. The third-order valence-corrected chi connectivity index (χ3v) is 5.45. The molecular formula is C26H20FN5O. The highest BCUT2D eigenvalue weighted by atomic mass is 19.1. The standard InChI is InChI=1S/C26H20FN5O/c27-20-8-6-19(7-9-20)25-23(18-10-13-28-14-11-18)17-31-32(25)16-15-30-26(33)22-3-1-5-24-21(22)4-2-12-29-24/h1-14,17H,15-16H2,(H,30,33). The van der Waals surface area contributed by atoms with Crippen molar-refractivity contribution in [3.05, 3.63) is 103 Å². The normalized spacial score (nSPS) is 10.9. The number of halogens is 1. The first kappa shape index (κ1) is 20.5. The highest BCUT2D eigenvalue weighted by Gasteiger charge is 2.16. The van der Waals surface area contributed by atoms with Gasteiger partial charge in [-0.25, -0.2) is 4.39 Å². The Bertz CT molecular complexity index is 1410. The summed E-state index contributed by atoms with van der Waals surface area (Å²) in [5, 5.41) is 8.34. The number of amides is 1. The molecule has 5 aromatic rings. The van der Waals surface area contributed by atoms with Crippen LogP contribution in [0.4, 0.5) is 4.39 Å². The van der Waals surface area contributed by atoms with E-state index in [2.05, 4.69) is 20.4 Å². The molecular weight excluding hydrogens is 417 g/mol. The maximum atomic E-state index is 13.5. The lowest BCUT2D eigenvalue weighted by Gasteiger charge is -2.12. The van der Waals surface area contributed by atoms with Crippen LogP contribution >= 0.6 is 0 Å². The molecule has 1 amide bonds. The van der Waals surface area contributed by atoms with Crippen molar-refractivity contribution in [2.45, 2.75) is 6.54 Å². The number of carbonyl (C=O) groups excluding carboxylic acids is 1. The molecule has 0 aliphatic rings. The lowest BCUT2D eigenvalue weighted by Crippen LogP contribution is -2.27. The molecule has 1 N–H and O–H groups in total. The Hall–Kier alpha value is -4.39. The summed E-state index contributed by atoms with van der Waals surface area (Å²) in [6.07, 6.45) is 6.94. The van der Waals surface area contributed by atoms with Gasteiger partial charge in [0.1, 0.15) is 5.82 Å². The van der Waals surface area contributed by atoms with Crippen LogP contribution in [0.2, 0.25) is 0 Å². The number of carbonyl (C=O) groups is 1. The lowest BCUT2D eigenvalue weighted by atomic mass is 10.0. The summed E-state index contributed by atoms with van der Waals surface area (Å²) in [6.45, 7) is 0.827. The number of aromatic nitrogens is 4. The third-order valence-electron chi connectivity index (χ3n) is 5.45. The molecule has 6 nitrogen and oxygen atoms in total. The van der Waals surface area contributed by atoms with Crippen molar-refractivity contribution >= 4 is 16.8 Å². The van der Waals surface area contributed by atoms with Gasteiger partial charge >= 0.3 is 0 Å². The molecule has 0 fully saturated rings. The third kappa shape index (κ3) is 4.21. The number of benzene rings is 2. The van der Waals surface area contributed by atoms with Crippen LogP contribution in [-0.4, -0.2) is 32.2 Å². The summed E-state index contributed by atoms with van der Waals surface area (Å²) in [5.41, 5.74) is 4.92. The average molecular weight is 437 g/mol. The van der Waals surface area contributed by atoms with Crippen molar-refractivity contribution in [3.8, 4) is 22.4 Å². The quantitative estimate of drug-likeness (QED) is 0.417. The number of nitrogens with one attached hydrogen (secondary N) is 1. The second-order valence-corrected chi connectivity index (χ2v) is 7.50. The fourth-order valence-electron chi connectivity index (χ4n) is 3.88. The van der Waals surface area contributed by atoms with Gasteiger partial charge in [-0.05, 0) is 60.2 Å². The van der Waals surface area contributed by atoms with E-state index >= 15 is 0 Å². The van der Waals surface area contributed by atoms with E-state index in [0.29, 0.717) is 18.7 Å². The highest BCUT2D eigenvalue weighted by Crippen LogP contribution is 2.32. The van der Waals surface area contributed by atoms with Gasteiger partial charge < -0.3 is 5.32 Å². The largest absolute Gasteiger partial charge is 0.350 e. The molecule has 0 unspecified atom stereocenters. The van der Waals surface area contributed by atoms with Crippen molar-refractivity contribution in [2.24, 2.45) is 0 Å². The number of fused-ring (bicyclic) bond motifs is 1. The van der Waals surface area contributed by atoms with Crippen molar-refractivity contribution < 1.29 is 9.18 Å². The summed E-state index contributed by atoms with van der Waals surface area (Å²) >= 11 is 0. The van der Waals surface area contributed by atoms with Crippen molar-refractivity contribution in [2.75, 3.05) is 6.54 Å². The summed E-state index contributed by atoms with van der Waals surface area (Å²) in [7, 11) is 0. The zero-order chi connectivity index (χ0) is 22.6. The lowest BCUT2D eigenvalue weighted by molar-refractivity contribution is 0.0953. The summed E-state index contributed by atoms with van der Waals surface area (Å²) in [6, 6.07) is 19.3. The molecule has 0 bridgehead atoms. The Morgan fingerprint density at radius 1 is 0.909 bits per heavy atom. The molecule has 7 heteroatoms. The minimum absolute atomic E-state index is 0.168. The molecule has 0 saturated heterocycles. The molecule has 33 heavy (non-hydrogen) atoms. The van der Waals surface area contributed by atoms with Crippen LogP contribution in [0.25, 0.3) is 33.3 Å². The van der Waals surface area contributed by atoms with Crippen molar-refractivity contribution in [1.82, 2.24) is 25.1 Å². The van der Waals surface area contributed by atoms with E-state index < -0.39 is 0 Å². The second kappa shape index (κ2) is 9.00. The smallest absolute Gasteiger partial charge is 0.252 e. The molecule has 0 spiro atoms. The molecule has 3 aromatic heterocycles. The van der Waals surface area contributed by atoms with Crippen LogP contribution in [0.1, 0.15) is 10.4 Å². The minimum Gasteiger partial charge on any atom is -0.350 e. The highest BCUT2D eigenvalue weighted by molar-refractivity contribution is 6.06.